The number of aliphatic hydroxyl groups excluding tert-OH is 1. The number of carboxylic acids is 1. The van der Waals surface area contributed by atoms with E-state index >= 15 is 0 Å². The minimum Gasteiger partial charge on any atom is -0.475 e. The molecular weight excluding hydrogens is 417 g/mol. The zero-order chi connectivity index (χ0) is 22.6. The number of hydrogen-bond acceptors (Lipinski definition) is 5. The number of rotatable bonds is 3. The molecule has 31 heavy (non-hydrogen) atoms. The quantitative estimate of drug-likeness (QED) is 0.743. The second kappa shape index (κ2) is 9.54. The van der Waals surface area contributed by atoms with Crippen LogP contribution in [0.15, 0.2) is 24.3 Å². The number of β-amino-alcohol motifs (C(OH)–C–C–N with tert-alkyl or cyclic N) is 1. The number of carbonyl (C=O) groups excluding carboxylic acids is 1. The lowest BCUT2D eigenvalue weighted by Crippen LogP contribution is -2.52. The molecule has 0 aliphatic carbocycles. The van der Waals surface area contributed by atoms with Gasteiger partial charge in [-0.3, -0.25) is 4.79 Å². The molecule has 2 N–H and O–H groups in total. The summed E-state index contributed by atoms with van der Waals surface area (Å²) in [4.78, 5) is 26.4. The van der Waals surface area contributed by atoms with Gasteiger partial charge in [0.2, 0.25) is 5.91 Å². The molecule has 1 spiro atoms. The lowest BCUT2D eigenvalue weighted by Gasteiger charge is -2.43. The van der Waals surface area contributed by atoms with Crippen LogP contribution in [0.5, 0.6) is 0 Å². The summed E-state index contributed by atoms with van der Waals surface area (Å²) in [6.45, 7) is 4.05. The molecule has 1 aromatic rings. The molecule has 1 amide bonds. The first-order valence-corrected chi connectivity index (χ1v) is 10.3. The molecule has 4 rings (SSSR count). The van der Waals surface area contributed by atoms with Gasteiger partial charge in [0.15, 0.2) is 0 Å². The van der Waals surface area contributed by atoms with Crippen LogP contribution in [0.3, 0.4) is 0 Å². The third kappa shape index (κ3) is 4.86. The first kappa shape index (κ1) is 23.5. The number of hydrogen-bond donors (Lipinski definition) is 2. The second-order valence-electron chi connectivity index (χ2n) is 7.96. The number of nitrogens with zero attached hydrogens (tertiary/aromatic N) is 2. The van der Waals surface area contributed by atoms with Crippen LogP contribution < -0.4 is 4.90 Å². The first-order valence-electron chi connectivity index (χ1n) is 10.3. The molecule has 3 heterocycles. The van der Waals surface area contributed by atoms with Crippen molar-refractivity contribution in [2.75, 3.05) is 44.4 Å². The van der Waals surface area contributed by atoms with Crippen LogP contribution in [0.4, 0.5) is 18.9 Å². The maximum Gasteiger partial charge on any atom is 0.490 e. The van der Waals surface area contributed by atoms with Gasteiger partial charge in [-0.05, 0) is 50.4 Å². The van der Waals surface area contributed by atoms with Crippen LogP contribution in [0.25, 0.3) is 0 Å². The van der Waals surface area contributed by atoms with Gasteiger partial charge in [-0.25, -0.2) is 4.79 Å². The summed E-state index contributed by atoms with van der Waals surface area (Å²) in [5.74, 6) is -2.57. The standard InChI is InChI=1S/C19H26N2O3.C2HF3O2/c22-12-11-21-17-4-2-1-3-16(17)19(18(21)23)7-9-20(10-8-19)15-5-13-24-14-6-15;3-2(4,5)1(6)7/h1-4,15,22H,5-14H2;(H,6,7). The fourth-order valence-electron chi connectivity index (χ4n) is 4.72. The van der Waals surface area contributed by atoms with Crippen LogP contribution in [-0.2, 0) is 19.7 Å². The van der Waals surface area contributed by atoms with Crippen molar-refractivity contribution in [3.63, 3.8) is 0 Å². The lowest BCUT2D eigenvalue weighted by molar-refractivity contribution is -0.192. The maximum absolute atomic E-state index is 13.2. The minimum atomic E-state index is -5.08. The van der Waals surface area contributed by atoms with Gasteiger partial charge in [0.05, 0.1) is 12.0 Å². The molecule has 7 nitrogen and oxygen atoms in total. The van der Waals surface area contributed by atoms with E-state index in [1.165, 1.54) is 0 Å². The Kier molecular flexibility index (Phi) is 7.23. The monoisotopic (exact) mass is 444 g/mol. The molecular formula is C21H27F3N2O5. The van der Waals surface area contributed by atoms with Crippen molar-refractivity contribution in [3.8, 4) is 0 Å². The fourth-order valence-corrected chi connectivity index (χ4v) is 4.72. The molecule has 1 aromatic carbocycles. The average Bonchev–Trinajstić information content (AvgIpc) is 2.98. The Morgan fingerprint density at radius 3 is 2.29 bits per heavy atom. The van der Waals surface area contributed by atoms with E-state index in [2.05, 4.69) is 11.0 Å². The molecule has 0 bridgehead atoms. The van der Waals surface area contributed by atoms with Crippen molar-refractivity contribution in [2.24, 2.45) is 0 Å². The summed E-state index contributed by atoms with van der Waals surface area (Å²) in [6.07, 6.45) is -1.12. The van der Waals surface area contributed by atoms with Crippen LogP contribution in [0.1, 0.15) is 31.2 Å². The molecule has 172 valence electrons. The van der Waals surface area contributed by atoms with Gasteiger partial charge in [-0.1, -0.05) is 18.2 Å². The van der Waals surface area contributed by atoms with Crippen LogP contribution in [0, 0.1) is 0 Å². The third-order valence-electron chi connectivity index (χ3n) is 6.29. The van der Waals surface area contributed by atoms with Gasteiger partial charge in [-0.15, -0.1) is 0 Å². The number of amides is 1. The van der Waals surface area contributed by atoms with E-state index in [0.29, 0.717) is 12.6 Å². The molecule has 0 saturated carbocycles. The van der Waals surface area contributed by atoms with Crippen LogP contribution in [-0.4, -0.2) is 78.7 Å². The van der Waals surface area contributed by atoms with E-state index in [0.717, 1.165) is 63.2 Å². The Labute approximate surface area is 178 Å². The number of anilines is 1. The van der Waals surface area contributed by atoms with Crippen molar-refractivity contribution < 1.29 is 37.7 Å². The SMILES string of the molecule is O=C(O)C(F)(F)F.O=C1N(CCO)c2ccccc2C12CCN(C1CCOCC1)CC2. The number of halogens is 3. The zero-order valence-corrected chi connectivity index (χ0v) is 17.1. The van der Waals surface area contributed by atoms with E-state index in [9.17, 15) is 23.1 Å². The summed E-state index contributed by atoms with van der Waals surface area (Å²) < 4.78 is 37.2. The predicted molar refractivity (Wildman–Crippen MR) is 106 cm³/mol. The molecule has 2 saturated heterocycles. The van der Waals surface area contributed by atoms with Crippen molar-refractivity contribution in [2.45, 2.75) is 43.3 Å². The van der Waals surface area contributed by atoms with Crippen molar-refractivity contribution in [1.29, 1.82) is 0 Å². The number of alkyl halides is 3. The topological polar surface area (TPSA) is 90.3 Å². The highest BCUT2D eigenvalue weighted by Crippen LogP contribution is 2.48. The Morgan fingerprint density at radius 1 is 1.16 bits per heavy atom. The summed E-state index contributed by atoms with van der Waals surface area (Å²) >= 11 is 0. The highest BCUT2D eigenvalue weighted by molar-refractivity contribution is 6.08. The minimum absolute atomic E-state index is 0.00432. The number of ether oxygens (including phenoxy) is 1. The average molecular weight is 444 g/mol. The van der Waals surface area contributed by atoms with Gasteiger partial charge >= 0.3 is 12.1 Å². The Morgan fingerprint density at radius 2 is 1.74 bits per heavy atom. The number of aliphatic carboxylic acids is 1. The van der Waals surface area contributed by atoms with Crippen molar-refractivity contribution in [3.05, 3.63) is 29.8 Å². The molecule has 0 unspecified atom stereocenters. The van der Waals surface area contributed by atoms with Crippen molar-refractivity contribution in [1.82, 2.24) is 4.90 Å². The van der Waals surface area contributed by atoms with Crippen molar-refractivity contribution >= 4 is 17.6 Å². The highest BCUT2D eigenvalue weighted by Gasteiger charge is 2.52. The molecule has 0 atom stereocenters. The second-order valence-corrected chi connectivity index (χ2v) is 7.96. The summed E-state index contributed by atoms with van der Waals surface area (Å²) in [5, 5.41) is 16.5. The first-order chi connectivity index (χ1) is 14.7. The van der Waals surface area contributed by atoms with E-state index in [-0.39, 0.29) is 17.9 Å². The summed E-state index contributed by atoms with van der Waals surface area (Å²) in [5.41, 5.74) is 1.78. The number of para-hydroxylation sites is 1. The number of benzene rings is 1. The Balaban J connectivity index is 0.000000339. The molecule has 3 aliphatic heterocycles. The van der Waals surface area contributed by atoms with Gasteiger partial charge in [0.1, 0.15) is 0 Å². The Hall–Kier alpha value is -2.17. The zero-order valence-electron chi connectivity index (χ0n) is 17.1. The van der Waals surface area contributed by atoms with E-state index < -0.39 is 12.1 Å². The summed E-state index contributed by atoms with van der Waals surface area (Å²) in [6, 6.07) is 8.74. The molecule has 2 fully saturated rings. The molecule has 3 aliphatic rings. The van der Waals surface area contributed by atoms with E-state index in [1.807, 2.05) is 18.2 Å². The highest BCUT2D eigenvalue weighted by atomic mass is 19.4. The smallest absolute Gasteiger partial charge is 0.475 e. The number of likely N-dealkylation sites (tertiary alicyclic amines) is 1. The number of aliphatic hydroxyl groups is 1. The molecule has 0 radical (unpaired) electrons. The molecule has 0 aromatic heterocycles. The number of piperidine rings is 1. The van der Waals surface area contributed by atoms with Gasteiger partial charge in [-0.2, -0.15) is 13.2 Å². The number of fused-ring (bicyclic) bond motifs is 2. The molecule has 10 heteroatoms. The number of carboxylic acid groups (broad SMARTS) is 1. The largest absolute Gasteiger partial charge is 0.490 e. The van der Waals surface area contributed by atoms with E-state index in [4.69, 9.17) is 14.6 Å². The summed E-state index contributed by atoms with van der Waals surface area (Å²) in [7, 11) is 0. The normalized spacial score (nSPS) is 21.5. The third-order valence-corrected chi connectivity index (χ3v) is 6.29. The number of carbonyl (C=O) groups is 2. The Bertz CT molecular complexity index is 787. The van der Waals surface area contributed by atoms with E-state index in [1.54, 1.807) is 4.90 Å². The maximum atomic E-state index is 13.2. The fraction of sp³-hybridized carbons (Fsp3) is 0.619. The van der Waals surface area contributed by atoms with Gasteiger partial charge in [0.25, 0.3) is 0 Å². The van der Waals surface area contributed by atoms with Crippen LogP contribution in [0.2, 0.25) is 0 Å². The van der Waals surface area contributed by atoms with Gasteiger partial charge in [0, 0.05) is 31.5 Å². The lowest BCUT2D eigenvalue weighted by atomic mass is 9.73. The van der Waals surface area contributed by atoms with Crippen LogP contribution >= 0.6 is 0 Å². The van der Waals surface area contributed by atoms with Gasteiger partial charge < -0.3 is 24.7 Å². The predicted octanol–water partition coefficient (Wildman–Crippen LogP) is 2.17.